The Balaban J connectivity index is 3.50. The molecule has 0 aromatic heterocycles. The van der Waals surface area contributed by atoms with E-state index < -0.39 is 0 Å². The molecule has 0 aliphatic heterocycles. The van der Waals surface area contributed by atoms with Gasteiger partial charge in [-0.3, -0.25) is 4.79 Å². The van der Waals surface area contributed by atoms with Gasteiger partial charge in [0.15, 0.2) is 0 Å². The summed E-state index contributed by atoms with van der Waals surface area (Å²) in [5.74, 6) is 2.28. The highest BCUT2D eigenvalue weighted by Gasteiger charge is 2.10. The molecule has 4 heteroatoms. The fourth-order valence-corrected chi connectivity index (χ4v) is 1.72. The van der Waals surface area contributed by atoms with Gasteiger partial charge >= 0.3 is 0 Å². The molecule has 2 atom stereocenters. The standard InChI is InChI=1S/C9H19NOS2/c1-4-13-6-5-7(2)10-9(11)8(3)12/h7-8,12H,4-6H2,1-3H3,(H,10,11). The fraction of sp³-hybridized carbons (Fsp3) is 0.889. The van der Waals surface area contributed by atoms with Crippen LogP contribution in [-0.4, -0.2) is 28.7 Å². The first-order valence-corrected chi connectivity index (χ1v) is 6.31. The van der Waals surface area contributed by atoms with E-state index in [-0.39, 0.29) is 17.2 Å². The highest BCUT2D eigenvalue weighted by molar-refractivity contribution is 7.99. The van der Waals surface area contributed by atoms with Crippen LogP contribution in [0.4, 0.5) is 0 Å². The quantitative estimate of drug-likeness (QED) is 0.530. The third kappa shape index (κ3) is 7.26. The summed E-state index contributed by atoms with van der Waals surface area (Å²) in [6.07, 6.45) is 1.03. The molecule has 0 spiro atoms. The minimum atomic E-state index is -0.207. The van der Waals surface area contributed by atoms with Crippen LogP contribution < -0.4 is 5.32 Å². The largest absolute Gasteiger partial charge is 0.353 e. The van der Waals surface area contributed by atoms with Gasteiger partial charge in [-0.1, -0.05) is 6.92 Å². The molecule has 2 nitrogen and oxygen atoms in total. The lowest BCUT2D eigenvalue weighted by Gasteiger charge is -2.14. The molecule has 0 aliphatic carbocycles. The lowest BCUT2D eigenvalue weighted by Crippen LogP contribution is -2.37. The van der Waals surface area contributed by atoms with Crippen molar-refractivity contribution in [1.29, 1.82) is 0 Å². The summed E-state index contributed by atoms with van der Waals surface area (Å²) >= 11 is 5.96. The summed E-state index contributed by atoms with van der Waals surface area (Å²) < 4.78 is 0. The van der Waals surface area contributed by atoms with E-state index in [1.54, 1.807) is 6.92 Å². The number of nitrogens with one attached hydrogen (secondary N) is 1. The number of hydrogen-bond donors (Lipinski definition) is 2. The Kier molecular flexibility index (Phi) is 7.66. The first-order valence-electron chi connectivity index (χ1n) is 4.64. The van der Waals surface area contributed by atoms with E-state index >= 15 is 0 Å². The average molecular weight is 221 g/mol. The van der Waals surface area contributed by atoms with Crippen LogP contribution in [0.25, 0.3) is 0 Å². The number of carbonyl (C=O) groups excluding carboxylic acids is 1. The second kappa shape index (κ2) is 7.56. The van der Waals surface area contributed by atoms with Gasteiger partial charge in [0.1, 0.15) is 0 Å². The normalized spacial score (nSPS) is 15.1. The van der Waals surface area contributed by atoms with Crippen molar-refractivity contribution in [2.45, 2.75) is 38.5 Å². The topological polar surface area (TPSA) is 29.1 Å². The molecule has 0 bridgehead atoms. The van der Waals surface area contributed by atoms with Gasteiger partial charge in [0.2, 0.25) is 5.91 Å². The van der Waals surface area contributed by atoms with Gasteiger partial charge in [-0.2, -0.15) is 24.4 Å². The van der Waals surface area contributed by atoms with Gasteiger partial charge in [-0.25, -0.2) is 0 Å². The summed E-state index contributed by atoms with van der Waals surface area (Å²) in [6, 6.07) is 0.265. The molecule has 13 heavy (non-hydrogen) atoms. The van der Waals surface area contributed by atoms with Gasteiger partial charge in [0.25, 0.3) is 0 Å². The minimum absolute atomic E-state index is 0.0253. The number of thiol groups is 1. The van der Waals surface area contributed by atoms with E-state index in [1.165, 1.54) is 0 Å². The number of hydrogen-bond acceptors (Lipinski definition) is 3. The SMILES string of the molecule is CCSCCC(C)NC(=O)C(C)S. The predicted octanol–water partition coefficient (Wildman–Crippen LogP) is 1.95. The predicted molar refractivity (Wildman–Crippen MR) is 63.7 cm³/mol. The molecule has 0 aromatic carbocycles. The summed E-state index contributed by atoms with van der Waals surface area (Å²) in [4.78, 5) is 11.2. The maximum Gasteiger partial charge on any atom is 0.232 e. The highest BCUT2D eigenvalue weighted by Crippen LogP contribution is 2.04. The minimum Gasteiger partial charge on any atom is -0.353 e. The molecule has 0 radical (unpaired) electrons. The van der Waals surface area contributed by atoms with Crippen molar-refractivity contribution in [3.63, 3.8) is 0 Å². The molecule has 0 fully saturated rings. The zero-order valence-corrected chi connectivity index (χ0v) is 10.3. The molecule has 0 aliphatic rings. The summed E-state index contributed by atoms with van der Waals surface area (Å²) in [5.41, 5.74) is 0. The number of rotatable bonds is 6. The Morgan fingerprint density at radius 2 is 2.15 bits per heavy atom. The van der Waals surface area contributed by atoms with Crippen molar-refractivity contribution in [3.05, 3.63) is 0 Å². The summed E-state index contributed by atoms with van der Waals surface area (Å²) in [5, 5.41) is 2.70. The molecule has 0 saturated carbocycles. The van der Waals surface area contributed by atoms with Crippen LogP contribution in [0.1, 0.15) is 27.2 Å². The van der Waals surface area contributed by atoms with Gasteiger partial charge in [0.05, 0.1) is 5.25 Å². The van der Waals surface area contributed by atoms with Crippen LogP contribution >= 0.6 is 24.4 Å². The van der Waals surface area contributed by atoms with E-state index in [4.69, 9.17) is 0 Å². The fourth-order valence-electron chi connectivity index (χ4n) is 0.840. The van der Waals surface area contributed by atoms with Crippen LogP contribution in [0.15, 0.2) is 0 Å². The number of thioether (sulfide) groups is 1. The molecule has 0 rings (SSSR count). The van der Waals surface area contributed by atoms with Crippen molar-refractivity contribution in [1.82, 2.24) is 5.32 Å². The molecule has 2 unspecified atom stereocenters. The Hall–Kier alpha value is 0.170. The van der Waals surface area contributed by atoms with E-state index in [2.05, 4.69) is 24.9 Å². The molecule has 1 amide bonds. The smallest absolute Gasteiger partial charge is 0.232 e. The number of carbonyl (C=O) groups is 1. The average Bonchev–Trinajstić information content (AvgIpc) is 2.04. The maximum absolute atomic E-state index is 11.2. The third-order valence-corrected chi connectivity index (χ3v) is 2.83. The first-order chi connectivity index (χ1) is 6.07. The lowest BCUT2D eigenvalue weighted by atomic mass is 10.2. The highest BCUT2D eigenvalue weighted by atomic mass is 32.2. The molecule has 1 N–H and O–H groups in total. The van der Waals surface area contributed by atoms with Crippen molar-refractivity contribution in [2.75, 3.05) is 11.5 Å². The van der Waals surface area contributed by atoms with Crippen molar-refractivity contribution in [3.8, 4) is 0 Å². The molecule has 0 aromatic rings. The van der Waals surface area contributed by atoms with Crippen LogP contribution in [0.2, 0.25) is 0 Å². The second-order valence-electron chi connectivity index (χ2n) is 3.07. The van der Waals surface area contributed by atoms with E-state index in [9.17, 15) is 4.79 Å². The van der Waals surface area contributed by atoms with E-state index in [0.29, 0.717) is 0 Å². The van der Waals surface area contributed by atoms with Gasteiger partial charge in [0, 0.05) is 6.04 Å². The Morgan fingerprint density at radius 1 is 1.54 bits per heavy atom. The lowest BCUT2D eigenvalue weighted by molar-refractivity contribution is -0.120. The van der Waals surface area contributed by atoms with Gasteiger partial charge in [-0.05, 0) is 31.8 Å². The van der Waals surface area contributed by atoms with E-state index in [0.717, 1.165) is 17.9 Å². The zero-order chi connectivity index (χ0) is 10.3. The molecular weight excluding hydrogens is 202 g/mol. The monoisotopic (exact) mass is 221 g/mol. The van der Waals surface area contributed by atoms with E-state index in [1.807, 2.05) is 18.7 Å². The van der Waals surface area contributed by atoms with Crippen molar-refractivity contribution >= 4 is 30.3 Å². The Bertz CT molecular complexity index is 151. The molecule has 0 saturated heterocycles. The van der Waals surface area contributed by atoms with Crippen molar-refractivity contribution < 1.29 is 4.79 Å². The Labute approximate surface area is 90.6 Å². The van der Waals surface area contributed by atoms with Crippen LogP contribution in [0, 0.1) is 0 Å². The van der Waals surface area contributed by atoms with Crippen LogP contribution in [-0.2, 0) is 4.79 Å². The first kappa shape index (κ1) is 13.2. The maximum atomic E-state index is 11.2. The van der Waals surface area contributed by atoms with Gasteiger partial charge < -0.3 is 5.32 Å². The van der Waals surface area contributed by atoms with Crippen molar-refractivity contribution in [2.24, 2.45) is 0 Å². The summed E-state index contributed by atoms with van der Waals surface area (Å²) in [7, 11) is 0. The third-order valence-electron chi connectivity index (χ3n) is 1.67. The van der Waals surface area contributed by atoms with Crippen LogP contribution in [0.3, 0.4) is 0 Å². The number of amides is 1. The zero-order valence-electron chi connectivity index (χ0n) is 8.54. The second-order valence-corrected chi connectivity index (χ2v) is 5.24. The Morgan fingerprint density at radius 3 is 2.62 bits per heavy atom. The van der Waals surface area contributed by atoms with Crippen LogP contribution in [0.5, 0.6) is 0 Å². The summed E-state index contributed by atoms with van der Waals surface area (Å²) in [6.45, 7) is 5.96. The molecular formula is C9H19NOS2. The van der Waals surface area contributed by atoms with Gasteiger partial charge in [-0.15, -0.1) is 0 Å². The molecule has 0 heterocycles. The molecule has 78 valence electrons.